The van der Waals surface area contributed by atoms with Gasteiger partial charge in [-0.3, -0.25) is 4.52 Å². The lowest BCUT2D eigenvalue weighted by Gasteiger charge is -2.31. The molecule has 2 heterocycles. The number of aliphatic hydroxyl groups is 1. The van der Waals surface area contributed by atoms with Gasteiger partial charge >= 0.3 is 19.7 Å². The van der Waals surface area contributed by atoms with Gasteiger partial charge in [-0.05, 0) is 80.3 Å². The number of nitrogens with zero attached hydrogens (tertiary/aromatic N) is 1. The van der Waals surface area contributed by atoms with Crippen molar-refractivity contribution in [1.29, 1.82) is 0 Å². The lowest BCUT2D eigenvalue weighted by atomic mass is 10.0. The molecule has 2 saturated heterocycles. The van der Waals surface area contributed by atoms with Gasteiger partial charge in [0.15, 0.2) is 12.4 Å². The Bertz CT molecular complexity index is 1940. The zero-order valence-electron chi connectivity index (χ0n) is 33.4. The number of benzene rings is 3. The van der Waals surface area contributed by atoms with Crippen LogP contribution < -0.4 is 25.2 Å². The Balaban J connectivity index is 1.31. The number of carbonyl (C=O) groups excluding carboxylic acids is 2. The van der Waals surface area contributed by atoms with Gasteiger partial charge in [-0.15, -0.1) is 0 Å². The monoisotopic (exact) mass is 847 g/mol. The molecule has 0 radical (unpaired) electrons. The highest BCUT2D eigenvalue weighted by Gasteiger charge is 2.44. The van der Waals surface area contributed by atoms with Crippen LogP contribution in [0.2, 0.25) is 0 Å². The largest absolute Gasteiger partial charge is 0.497 e. The van der Waals surface area contributed by atoms with Gasteiger partial charge in [-0.1, -0.05) is 44.2 Å². The van der Waals surface area contributed by atoms with Crippen molar-refractivity contribution in [3.05, 3.63) is 84.4 Å². The summed E-state index contributed by atoms with van der Waals surface area (Å²) in [6.45, 7) is 7.61. The molecule has 2 aliphatic rings. The average Bonchev–Trinajstić information content (AvgIpc) is 3.83. The number of aliphatic hydroxyl groups excluding tert-OH is 1. The van der Waals surface area contributed by atoms with E-state index in [1.54, 1.807) is 73.7 Å². The molecule has 0 aromatic heterocycles. The number of hydrogen-bond acceptors (Lipinski definition) is 14. The molecule has 0 bridgehead atoms. The zero-order valence-corrected chi connectivity index (χ0v) is 35.1. The summed E-state index contributed by atoms with van der Waals surface area (Å²) in [5.74, 6) is -0.114. The third-order valence-corrected chi connectivity index (χ3v) is 13.3. The Morgan fingerprint density at radius 1 is 0.966 bits per heavy atom. The van der Waals surface area contributed by atoms with E-state index in [4.69, 9.17) is 32.7 Å². The van der Waals surface area contributed by atoms with Gasteiger partial charge in [-0.25, -0.2) is 22.6 Å². The number of amides is 1. The number of sulfonamides is 1. The van der Waals surface area contributed by atoms with Crippen LogP contribution in [0.5, 0.6) is 11.5 Å². The number of alkyl carbamates (subject to hydrolysis) is 1. The number of methoxy groups -OCH3 is 1. The Hall–Kier alpha value is -4.06. The van der Waals surface area contributed by atoms with Gasteiger partial charge in [0.05, 0.1) is 55.2 Å². The van der Waals surface area contributed by atoms with Crippen LogP contribution in [0, 0.1) is 11.8 Å². The predicted octanol–water partition coefficient (Wildman–Crippen LogP) is 4.21. The van der Waals surface area contributed by atoms with Crippen molar-refractivity contribution < 1.29 is 60.4 Å². The fraction of sp³-hybridized carbons (Fsp3) is 0.500. The van der Waals surface area contributed by atoms with Crippen LogP contribution in [-0.2, 0) is 49.4 Å². The van der Waals surface area contributed by atoms with Crippen LogP contribution in [0.1, 0.15) is 39.7 Å². The minimum atomic E-state index is -4.09. The Kier molecular flexibility index (Phi) is 16.1. The first-order valence-electron chi connectivity index (χ1n) is 19.2. The first-order chi connectivity index (χ1) is 27.7. The molecular formula is C40H54N3O13PS. The fourth-order valence-electron chi connectivity index (χ4n) is 6.50. The molecule has 7 atom stereocenters. The molecule has 2 aliphatic heterocycles. The summed E-state index contributed by atoms with van der Waals surface area (Å²) in [7, 11) is -6.68. The van der Waals surface area contributed by atoms with E-state index in [2.05, 4.69) is 10.6 Å². The molecule has 3 aromatic carbocycles. The van der Waals surface area contributed by atoms with Crippen molar-refractivity contribution >= 4 is 35.0 Å². The minimum Gasteiger partial charge on any atom is -0.497 e. The smallest absolute Gasteiger partial charge is 0.411 e. The minimum absolute atomic E-state index is 0.00221. The molecule has 1 unspecified atom stereocenters. The molecular weight excluding hydrogens is 793 g/mol. The fourth-order valence-corrected chi connectivity index (χ4v) is 9.81. The second-order valence-electron chi connectivity index (χ2n) is 14.4. The summed E-state index contributed by atoms with van der Waals surface area (Å²) < 4.78 is 81.9. The van der Waals surface area contributed by atoms with E-state index < -0.39 is 60.3 Å². The second kappa shape index (κ2) is 20.8. The van der Waals surface area contributed by atoms with Crippen molar-refractivity contribution in [2.45, 2.75) is 76.2 Å². The number of nitrogens with one attached hydrogen (secondary N) is 2. The van der Waals surface area contributed by atoms with Gasteiger partial charge in [0.25, 0.3) is 0 Å². The van der Waals surface area contributed by atoms with Crippen molar-refractivity contribution in [3.8, 4) is 11.5 Å². The summed E-state index contributed by atoms with van der Waals surface area (Å²) in [4.78, 5) is 25.7. The SMILES string of the molecule is CCOC(=O)[C@@H](C)OP(=O)(Oc1ccccc1)c1ccc(CNC[C@H](NC(=O)O[C@H]2CO[C@H]3OCC[C@H]32)[C@H](O)CN(CC(C)C)S(=O)(=O)c2ccc(OC)cc2)cc1. The highest BCUT2D eigenvalue weighted by molar-refractivity contribution is 7.89. The van der Waals surface area contributed by atoms with E-state index in [-0.39, 0.29) is 67.2 Å². The van der Waals surface area contributed by atoms with E-state index in [1.165, 1.54) is 30.5 Å². The normalized spacial score (nSPS) is 20.4. The standard InChI is InChI=1S/C40H54N3O13PS/c1-6-51-38(45)28(4)55-57(47,56-31-10-8-7-9-11-31)32-16-12-29(13-17-32)22-41-23-35(42-40(46)54-37-26-53-39-34(37)20-21-52-39)36(44)25-43(24-27(2)3)58(48,49)33-18-14-30(50-5)15-19-33/h7-19,27-28,34-37,39,41,44H,6,20-26H2,1-5H3,(H,42,46)/t28-,34+,35+,36-,37+,39-,57?/m1/s1. The molecule has 3 aromatic rings. The number of rotatable bonds is 21. The van der Waals surface area contributed by atoms with Crippen LogP contribution >= 0.6 is 7.60 Å². The van der Waals surface area contributed by atoms with Crippen molar-refractivity contribution in [2.75, 3.05) is 46.6 Å². The molecule has 0 aliphatic carbocycles. The maximum atomic E-state index is 14.2. The van der Waals surface area contributed by atoms with Crippen LogP contribution in [0.4, 0.5) is 4.79 Å². The predicted molar refractivity (Wildman–Crippen MR) is 213 cm³/mol. The van der Waals surface area contributed by atoms with Gasteiger partial charge in [0, 0.05) is 26.2 Å². The van der Waals surface area contributed by atoms with Crippen molar-refractivity contribution in [3.63, 3.8) is 0 Å². The molecule has 0 spiro atoms. The highest BCUT2D eigenvalue weighted by atomic mass is 32.2. The lowest BCUT2D eigenvalue weighted by molar-refractivity contribution is -0.150. The molecule has 3 N–H and O–H groups in total. The molecule has 1 amide bonds. The van der Waals surface area contributed by atoms with E-state index in [0.717, 1.165) is 5.56 Å². The van der Waals surface area contributed by atoms with Gasteiger partial charge in [0.2, 0.25) is 10.0 Å². The molecule has 16 nitrogen and oxygen atoms in total. The van der Waals surface area contributed by atoms with E-state index in [9.17, 15) is 27.7 Å². The highest BCUT2D eigenvalue weighted by Crippen LogP contribution is 2.48. The first-order valence-corrected chi connectivity index (χ1v) is 22.2. The van der Waals surface area contributed by atoms with Crippen LogP contribution in [0.25, 0.3) is 0 Å². The Morgan fingerprint density at radius 2 is 1.67 bits per heavy atom. The van der Waals surface area contributed by atoms with Crippen LogP contribution in [0.3, 0.4) is 0 Å². The number of carbonyl (C=O) groups is 2. The van der Waals surface area contributed by atoms with Crippen molar-refractivity contribution in [2.24, 2.45) is 11.8 Å². The number of esters is 1. The maximum Gasteiger partial charge on any atom is 0.411 e. The van der Waals surface area contributed by atoms with Crippen LogP contribution in [-0.4, -0.2) is 107 Å². The molecule has 318 valence electrons. The second-order valence-corrected chi connectivity index (χ2v) is 18.2. The van der Waals surface area contributed by atoms with Crippen LogP contribution in [0.15, 0.2) is 83.8 Å². The molecule has 2 fully saturated rings. The first kappa shape index (κ1) is 45.0. The van der Waals surface area contributed by atoms with Crippen molar-refractivity contribution in [1.82, 2.24) is 14.9 Å². The topological polar surface area (TPSA) is 197 Å². The molecule has 58 heavy (non-hydrogen) atoms. The number of fused-ring (bicyclic) bond motifs is 1. The van der Waals surface area contributed by atoms with Gasteiger partial charge in [0.1, 0.15) is 17.6 Å². The van der Waals surface area contributed by atoms with E-state index in [0.29, 0.717) is 18.8 Å². The quantitative estimate of drug-likeness (QED) is 0.102. The van der Waals surface area contributed by atoms with Gasteiger partial charge < -0.3 is 43.9 Å². The zero-order chi connectivity index (χ0) is 41.9. The molecule has 18 heteroatoms. The lowest BCUT2D eigenvalue weighted by Crippen LogP contribution is -2.54. The summed E-state index contributed by atoms with van der Waals surface area (Å²) in [5.41, 5.74) is 0.725. The average molecular weight is 848 g/mol. The summed E-state index contributed by atoms with van der Waals surface area (Å²) >= 11 is 0. The molecule has 5 rings (SSSR count). The summed E-state index contributed by atoms with van der Waals surface area (Å²) in [6.07, 6.45) is -3.67. The summed E-state index contributed by atoms with van der Waals surface area (Å²) in [6, 6.07) is 19.9. The third-order valence-electron chi connectivity index (χ3n) is 9.50. The van der Waals surface area contributed by atoms with E-state index in [1.807, 2.05) is 13.8 Å². The maximum absolute atomic E-state index is 14.2. The Morgan fingerprint density at radius 3 is 2.33 bits per heavy atom. The Labute approximate surface area is 340 Å². The van der Waals surface area contributed by atoms with E-state index >= 15 is 0 Å². The summed E-state index contributed by atoms with van der Waals surface area (Å²) in [5, 5.41) is 17.8. The number of hydrogen-bond donors (Lipinski definition) is 3. The molecule has 0 saturated carbocycles. The number of para-hydroxylation sites is 1. The number of ether oxygens (including phenoxy) is 5. The third kappa shape index (κ3) is 12.0. The van der Waals surface area contributed by atoms with Gasteiger partial charge in [-0.2, -0.15) is 4.31 Å².